The molecule has 20 heavy (non-hydrogen) atoms. The average Bonchev–Trinajstić information content (AvgIpc) is 2.82. The number of sulfonamides is 1. The van der Waals surface area contributed by atoms with Gasteiger partial charge < -0.3 is 4.42 Å². The molecule has 108 valence electrons. The van der Waals surface area contributed by atoms with Crippen molar-refractivity contribution in [2.75, 3.05) is 14.1 Å². The van der Waals surface area contributed by atoms with Crippen molar-refractivity contribution in [3.8, 4) is 0 Å². The Hall–Kier alpha value is -1.45. The Kier molecular flexibility index (Phi) is 4.41. The molecular formula is C11H14N4O3S2. The number of aromatic nitrogens is 3. The molecule has 0 N–H and O–H groups in total. The van der Waals surface area contributed by atoms with Gasteiger partial charge >= 0.3 is 0 Å². The molecule has 2 heterocycles. The highest BCUT2D eigenvalue weighted by Crippen LogP contribution is 2.21. The van der Waals surface area contributed by atoms with Gasteiger partial charge in [-0.25, -0.2) is 17.7 Å². The van der Waals surface area contributed by atoms with Crippen molar-refractivity contribution in [1.29, 1.82) is 0 Å². The lowest BCUT2D eigenvalue weighted by Gasteiger charge is -2.10. The van der Waals surface area contributed by atoms with Crippen LogP contribution in [0.3, 0.4) is 0 Å². The van der Waals surface area contributed by atoms with Gasteiger partial charge in [-0.1, -0.05) is 11.8 Å². The molecule has 0 aromatic carbocycles. The summed E-state index contributed by atoms with van der Waals surface area (Å²) in [5.74, 6) is 1.52. The third kappa shape index (κ3) is 3.35. The summed E-state index contributed by atoms with van der Waals surface area (Å²) in [6, 6.07) is 3.19. The average molecular weight is 314 g/mol. The van der Waals surface area contributed by atoms with E-state index in [1.54, 1.807) is 13.0 Å². The monoisotopic (exact) mass is 314 g/mol. The molecule has 0 saturated carbocycles. The maximum Gasteiger partial charge on any atom is 0.244 e. The smallest absolute Gasteiger partial charge is 0.244 e. The molecule has 2 rings (SSSR count). The van der Waals surface area contributed by atoms with Crippen LogP contribution in [0, 0.1) is 6.92 Å². The second-order valence-corrected chi connectivity index (χ2v) is 7.27. The van der Waals surface area contributed by atoms with Crippen LogP contribution in [-0.2, 0) is 15.8 Å². The first kappa shape index (κ1) is 14.9. The first-order valence-electron chi connectivity index (χ1n) is 5.70. The minimum atomic E-state index is -3.44. The number of hydrogen-bond donors (Lipinski definition) is 0. The standard InChI is InChI=1S/C11H14N4O3S2/c1-8-13-14-10(18-8)7-19-11-5-4-9(6-12-11)20(16,17)15(2)3/h4-6H,7H2,1-3H3. The largest absolute Gasteiger partial charge is 0.425 e. The van der Waals surface area contributed by atoms with Crippen LogP contribution in [-0.4, -0.2) is 42.0 Å². The molecule has 0 aliphatic heterocycles. The molecule has 7 nitrogen and oxygen atoms in total. The predicted octanol–water partition coefficient (Wildman–Crippen LogP) is 1.32. The second kappa shape index (κ2) is 5.90. The molecule has 2 aromatic rings. The van der Waals surface area contributed by atoms with Gasteiger partial charge in [-0.15, -0.1) is 10.2 Å². The van der Waals surface area contributed by atoms with E-state index in [-0.39, 0.29) is 4.90 Å². The van der Waals surface area contributed by atoms with Crippen molar-refractivity contribution in [3.05, 3.63) is 30.1 Å². The van der Waals surface area contributed by atoms with E-state index in [4.69, 9.17) is 4.42 Å². The fourth-order valence-corrected chi connectivity index (χ4v) is 2.87. The van der Waals surface area contributed by atoms with Gasteiger partial charge in [0.25, 0.3) is 0 Å². The van der Waals surface area contributed by atoms with Crippen LogP contribution in [0.15, 0.2) is 32.7 Å². The highest BCUT2D eigenvalue weighted by atomic mass is 32.2. The summed E-state index contributed by atoms with van der Waals surface area (Å²) < 4.78 is 30.1. The Morgan fingerprint density at radius 2 is 2.05 bits per heavy atom. The Balaban J connectivity index is 2.05. The minimum Gasteiger partial charge on any atom is -0.425 e. The molecular weight excluding hydrogens is 300 g/mol. The van der Waals surface area contributed by atoms with Crippen LogP contribution in [0.25, 0.3) is 0 Å². The highest BCUT2D eigenvalue weighted by molar-refractivity contribution is 7.98. The SMILES string of the molecule is Cc1nnc(CSc2ccc(S(=O)(=O)N(C)C)cn2)o1. The van der Waals surface area contributed by atoms with E-state index < -0.39 is 10.0 Å². The van der Waals surface area contributed by atoms with E-state index in [1.807, 2.05) is 0 Å². The zero-order valence-electron chi connectivity index (χ0n) is 11.3. The quantitative estimate of drug-likeness (QED) is 0.769. The van der Waals surface area contributed by atoms with Gasteiger partial charge in [-0.05, 0) is 12.1 Å². The molecule has 0 aliphatic carbocycles. The summed E-state index contributed by atoms with van der Waals surface area (Å²) in [6.07, 6.45) is 1.34. The molecule has 0 aliphatic rings. The van der Waals surface area contributed by atoms with Crippen LogP contribution in [0.4, 0.5) is 0 Å². The van der Waals surface area contributed by atoms with Crippen molar-refractivity contribution in [2.45, 2.75) is 22.6 Å². The number of aryl methyl sites for hydroxylation is 1. The predicted molar refractivity (Wildman–Crippen MR) is 73.7 cm³/mol. The van der Waals surface area contributed by atoms with Crippen molar-refractivity contribution in [1.82, 2.24) is 19.5 Å². The third-order valence-electron chi connectivity index (χ3n) is 2.40. The summed E-state index contributed by atoms with van der Waals surface area (Å²) >= 11 is 1.40. The lowest BCUT2D eigenvalue weighted by molar-refractivity contribution is 0.485. The molecule has 0 fully saturated rings. The maximum absolute atomic E-state index is 11.9. The van der Waals surface area contributed by atoms with Gasteiger partial charge in [0, 0.05) is 27.2 Å². The van der Waals surface area contributed by atoms with Crippen LogP contribution in [0.5, 0.6) is 0 Å². The highest BCUT2D eigenvalue weighted by Gasteiger charge is 2.17. The van der Waals surface area contributed by atoms with Crippen LogP contribution < -0.4 is 0 Å². The van der Waals surface area contributed by atoms with Crippen molar-refractivity contribution < 1.29 is 12.8 Å². The fourth-order valence-electron chi connectivity index (χ4n) is 1.35. The van der Waals surface area contributed by atoms with E-state index in [0.29, 0.717) is 22.6 Å². The van der Waals surface area contributed by atoms with Crippen LogP contribution in [0.2, 0.25) is 0 Å². The van der Waals surface area contributed by atoms with E-state index in [9.17, 15) is 8.42 Å². The van der Waals surface area contributed by atoms with Gasteiger partial charge in [0.05, 0.1) is 10.8 Å². The number of hydrogen-bond acceptors (Lipinski definition) is 7. The van der Waals surface area contributed by atoms with Gasteiger partial charge in [0.2, 0.25) is 21.8 Å². The van der Waals surface area contributed by atoms with Crippen LogP contribution >= 0.6 is 11.8 Å². The third-order valence-corrected chi connectivity index (χ3v) is 5.13. The maximum atomic E-state index is 11.9. The van der Waals surface area contributed by atoms with Gasteiger partial charge in [0.1, 0.15) is 4.90 Å². The number of thioether (sulfide) groups is 1. The summed E-state index contributed by atoms with van der Waals surface area (Å²) in [5, 5.41) is 8.30. The molecule has 0 amide bonds. The Morgan fingerprint density at radius 3 is 2.55 bits per heavy atom. The molecule has 2 aromatic heterocycles. The molecule has 0 bridgehead atoms. The number of rotatable bonds is 5. The van der Waals surface area contributed by atoms with Crippen molar-refractivity contribution in [2.24, 2.45) is 0 Å². The van der Waals surface area contributed by atoms with Crippen molar-refractivity contribution in [3.63, 3.8) is 0 Å². The fraction of sp³-hybridized carbons (Fsp3) is 0.364. The zero-order valence-corrected chi connectivity index (χ0v) is 12.9. The van der Waals surface area contributed by atoms with Crippen molar-refractivity contribution >= 4 is 21.8 Å². The summed E-state index contributed by atoms with van der Waals surface area (Å²) in [6.45, 7) is 1.72. The second-order valence-electron chi connectivity index (χ2n) is 4.12. The zero-order chi connectivity index (χ0) is 14.8. The van der Waals surface area contributed by atoms with E-state index in [1.165, 1.54) is 38.1 Å². The summed E-state index contributed by atoms with van der Waals surface area (Å²) in [4.78, 5) is 4.28. The Morgan fingerprint density at radius 1 is 1.30 bits per heavy atom. The summed E-state index contributed by atoms with van der Waals surface area (Å²) in [5.41, 5.74) is 0. The molecule has 0 saturated heterocycles. The molecule has 0 radical (unpaired) electrons. The van der Waals surface area contributed by atoms with E-state index in [0.717, 1.165) is 4.31 Å². The lowest BCUT2D eigenvalue weighted by atomic mass is 10.5. The Labute approximate surface area is 121 Å². The number of pyridine rings is 1. The van der Waals surface area contributed by atoms with Gasteiger partial charge in [0.15, 0.2) is 0 Å². The topological polar surface area (TPSA) is 89.2 Å². The minimum absolute atomic E-state index is 0.167. The summed E-state index contributed by atoms with van der Waals surface area (Å²) in [7, 11) is -0.473. The van der Waals surface area contributed by atoms with E-state index >= 15 is 0 Å². The molecule has 0 spiro atoms. The van der Waals surface area contributed by atoms with Crippen LogP contribution in [0.1, 0.15) is 11.8 Å². The van der Waals surface area contributed by atoms with Gasteiger partial charge in [-0.3, -0.25) is 0 Å². The molecule has 9 heteroatoms. The molecule has 0 unspecified atom stereocenters. The normalized spacial score (nSPS) is 12.0. The lowest BCUT2D eigenvalue weighted by Crippen LogP contribution is -2.22. The first-order valence-corrected chi connectivity index (χ1v) is 8.12. The number of nitrogens with zero attached hydrogens (tertiary/aromatic N) is 4. The first-order chi connectivity index (χ1) is 9.39. The van der Waals surface area contributed by atoms with Gasteiger partial charge in [-0.2, -0.15) is 0 Å². The van der Waals surface area contributed by atoms with E-state index in [2.05, 4.69) is 15.2 Å². The molecule has 0 atom stereocenters. The Bertz CT molecular complexity index is 680.